The first-order chi connectivity index (χ1) is 9.59. The number of para-hydroxylation sites is 1. The molecule has 0 spiro atoms. The number of fused-ring (bicyclic) bond motifs is 1. The second kappa shape index (κ2) is 4.46. The summed E-state index contributed by atoms with van der Waals surface area (Å²) >= 11 is 0. The lowest BCUT2D eigenvalue weighted by Gasteiger charge is -2.35. The highest BCUT2D eigenvalue weighted by molar-refractivity contribution is 5.80. The van der Waals surface area contributed by atoms with Crippen molar-refractivity contribution in [2.24, 2.45) is 0 Å². The monoisotopic (exact) mass is 268 g/mol. The first kappa shape index (κ1) is 12.9. The molecule has 4 heteroatoms. The third-order valence-corrected chi connectivity index (χ3v) is 3.89. The van der Waals surface area contributed by atoms with E-state index in [1.165, 1.54) is 0 Å². The summed E-state index contributed by atoms with van der Waals surface area (Å²) in [5.74, 6) is 0. The predicted molar refractivity (Wildman–Crippen MR) is 76.7 cm³/mol. The summed E-state index contributed by atoms with van der Waals surface area (Å²) in [4.78, 5) is 12.8. The number of benzene rings is 1. The van der Waals surface area contributed by atoms with Gasteiger partial charge in [-0.05, 0) is 31.4 Å². The van der Waals surface area contributed by atoms with Gasteiger partial charge in [0.25, 0.3) is 5.56 Å². The standard InChI is InChI=1S/C16H16N2O2/c1-11(2)18-14-6-4-3-5-12(14)7-13(15(18)19)16(8-17)9-20-10-16/h3-7,11H,9-10H2,1-2H3. The van der Waals surface area contributed by atoms with Gasteiger partial charge in [0.1, 0.15) is 5.41 Å². The lowest BCUT2D eigenvalue weighted by molar-refractivity contribution is -0.0305. The molecule has 1 aliphatic heterocycles. The van der Waals surface area contributed by atoms with E-state index in [1.54, 1.807) is 4.57 Å². The number of ether oxygens (including phenoxy) is 1. The van der Waals surface area contributed by atoms with Crippen molar-refractivity contribution in [3.63, 3.8) is 0 Å². The molecule has 0 N–H and O–H groups in total. The minimum atomic E-state index is -0.780. The maximum atomic E-state index is 12.8. The van der Waals surface area contributed by atoms with Crippen molar-refractivity contribution in [1.82, 2.24) is 4.57 Å². The highest BCUT2D eigenvalue weighted by Gasteiger charge is 2.43. The topological polar surface area (TPSA) is 55.0 Å². The van der Waals surface area contributed by atoms with Gasteiger partial charge in [-0.15, -0.1) is 0 Å². The molecule has 0 atom stereocenters. The summed E-state index contributed by atoms with van der Waals surface area (Å²) in [6.45, 7) is 4.56. The molecule has 102 valence electrons. The summed E-state index contributed by atoms with van der Waals surface area (Å²) in [6, 6.07) is 11.9. The molecule has 0 unspecified atom stereocenters. The molecule has 0 bridgehead atoms. The number of pyridine rings is 1. The van der Waals surface area contributed by atoms with Crippen LogP contribution in [0.3, 0.4) is 0 Å². The Morgan fingerprint density at radius 1 is 1.35 bits per heavy atom. The first-order valence-corrected chi connectivity index (χ1v) is 6.73. The number of hydrogen-bond donors (Lipinski definition) is 0. The Balaban J connectivity index is 2.38. The lowest BCUT2D eigenvalue weighted by atomic mass is 9.80. The Hall–Kier alpha value is -2.12. The Morgan fingerprint density at radius 2 is 2.05 bits per heavy atom. The second-order valence-corrected chi connectivity index (χ2v) is 5.57. The number of nitrogens with zero attached hydrogens (tertiary/aromatic N) is 2. The van der Waals surface area contributed by atoms with Gasteiger partial charge < -0.3 is 9.30 Å². The van der Waals surface area contributed by atoms with E-state index in [1.807, 2.05) is 44.2 Å². The zero-order chi connectivity index (χ0) is 14.3. The molecule has 0 radical (unpaired) electrons. The molecule has 3 rings (SSSR count). The van der Waals surface area contributed by atoms with Crippen LogP contribution in [0.15, 0.2) is 35.1 Å². The number of rotatable bonds is 2. The van der Waals surface area contributed by atoms with Crippen LogP contribution < -0.4 is 5.56 Å². The Kier molecular flexibility index (Phi) is 2.88. The maximum Gasteiger partial charge on any atom is 0.256 e. The van der Waals surface area contributed by atoms with Crippen LogP contribution in [0.1, 0.15) is 25.5 Å². The van der Waals surface area contributed by atoms with E-state index in [2.05, 4.69) is 6.07 Å². The molecule has 0 aliphatic carbocycles. The molecule has 1 fully saturated rings. The highest BCUT2D eigenvalue weighted by atomic mass is 16.5. The van der Waals surface area contributed by atoms with E-state index in [4.69, 9.17) is 4.74 Å². The lowest BCUT2D eigenvalue weighted by Crippen LogP contribution is -2.49. The zero-order valence-electron chi connectivity index (χ0n) is 11.6. The van der Waals surface area contributed by atoms with Crippen LogP contribution in [0.2, 0.25) is 0 Å². The molecule has 0 amide bonds. The number of nitriles is 1. The van der Waals surface area contributed by atoms with Gasteiger partial charge in [-0.25, -0.2) is 0 Å². The minimum absolute atomic E-state index is 0.0455. The van der Waals surface area contributed by atoms with Gasteiger partial charge in [-0.2, -0.15) is 5.26 Å². The summed E-state index contributed by atoms with van der Waals surface area (Å²) in [5.41, 5.74) is 0.601. The average molecular weight is 268 g/mol. The third-order valence-electron chi connectivity index (χ3n) is 3.89. The minimum Gasteiger partial charge on any atom is -0.377 e. The maximum absolute atomic E-state index is 12.8. The molecule has 4 nitrogen and oxygen atoms in total. The first-order valence-electron chi connectivity index (χ1n) is 6.73. The number of hydrogen-bond acceptors (Lipinski definition) is 3. The van der Waals surface area contributed by atoms with Crippen molar-refractivity contribution < 1.29 is 4.74 Å². The smallest absolute Gasteiger partial charge is 0.256 e. The van der Waals surface area contributed by atoms with Crippen LogP contribution >= 0.6 is 0 Å². The molecule has 1 aromatic heterocycles. The van der Waals surface area contributed by atoms with Crippen molar-refractivity contribution in [2.45, 2.75) is 25.3 Å². The van der Waals surface area contributed by atoms with Gasteiger partial charge in [-0.1, -0.05) is 18.2 Å². The van der Waals surface area contributed by atoms with E-state index in [9.17, 15) is 10.1 Å². The van der Waals surface area contributed by atoms with Gasteiger partial charge >= 0.3 is 0 Å². The molecular formula is C16H16N2O2. The van der Waals surface area contributed by atoms with Crippen LogP contribution in [0.4, 0.5) is 0 Å². The molecule has 1 saturated heterocycles. The molecule has 2 heterocycles. The fraction of sp³-hybridized carbons (Fsp3) is 0.375. The third kappa shape index (κ3) is 1.67. The summed E-state index contributed by atoms with van der Waals surface area (Å²) in [6.07, 6.45) is 0. The van der Waals surface area contributed by atoms with Crippen molar-refractivity contribution in [3.8, 4) is 6.07 Å². The van der Waals surface area contributed by atoms with Crippen molar-refractivity contribution in [2.75, 3.05) is 13.2 Å². The van der Waals surface area contributed by atoms with Crippen LogP contribution in [0, 0.1) is 11.3 Å². The van der Waals surface area contributed by atoms with Gasteiger partial charge in [-0.3, -0.25) is 4.79 Å². The van der Waals surface area contributed by atoms with Crippen LogP contribution in [-0.2, 0) is 10.2 Å². The number of aromatic nitrogens is 1. The Bertz CT molecular complexity index is 764. The van der Waals surface area contributed by atoms with E-state index < -0.39 is 5.41 Å². The Labute approximate surface area is 117 Å². The molecule has 1 aliphatic rings. The average Bonchev–Trinajstić information content (AvgIpc) is 2.38. The van der Waals surface area contributed by atoms with Gasteiger partial charge in [0.05, 0.1) is 24.8 Å². The Morgan fingerprint density at radius 3 is 2.60 bits per heavy atom. The van der Waals surface area contributed by atoms with Gasteiger partial charge in [0.2, 0.25) is 0 Å². The fourth-order valence-corrected chi connectivity index (χ4v) is 2.73. The molecular weight excluding hydrogens is 252 g/mol. The molecule has 0 saturated carbocycles. The summed E-state index contributed by atoms with van der Waals surface area (Å²) in [7, 11) is 0. The predicted octanol–water partition coefficient (Wildman–Crippen LogP) is 2.37. The van der Waals surface area contributed by atoms with Gasteiger partial charge in [0.15, 0.2) is 0 Å². The van der Waals surface area contributed by atoms with Crippen LogP contribution in [-0.4, -0.2) is 17.8 Å². The van der Waals surface area contributed by atoms with E-state index in [-0.39, 0.29) is 11.6 Å². The highest BCUT2D eigenvalue weighted by Crippen LogP contribution is 2.31. The van der Waals surface area contributed by atoms with Crippen LogP contribution in [0.5, 0.6) is 0 Å². The second-order valence-electron chi connectivity index (χ2n) is 5.57. The van der Waals surface area contributed by atoms with Crippen LogP contribution in [0.25, 0.3) is 10.9 Å². The SMILES string of the molecule is CC(C)n1c(=O)c(C2(C#N)COC2)cc2ccccc21. The quantitative estimate of drug-likeness (QED) is 0.840. The molecule has 20 heavy (non-hydrogen) atoms. The largest absolute Gasteiger partial charge is 0.377 e. The van der Waals surface area contributed by atoms with E-state index in [0.717, 1.165) is 10.9 Å². The van der Waals surface area contributed by atoms with Gasteiger partial charge in [0, 0.05) is 11.6 Å². The van der Waals surface area contributed by atoms with Crippen molar-refractivity contribution >= 4 is 10.9 Å². The summed E-state index contributed by atoms with van der Waals surface area (Å²) < 4.78 is 6.95. The van der Waals surface area contributed by atoms with Crippen molar-refractivity contribution in [1.29, 1.82) is 5.26 Å². The fourth-order valence-electron chi connectivity index (χ4n) is 2.73. The zero-order valence-corrected chi connectivity index (χ0v) is 11.6. The normalized spacial score (nSPS) is 16.9. The molecule has 1 aromatic carbocycles. The van der Waals surface area contributed by atoms with E-state index >= 15 is 0 Å². The molecule has 2 aromatic rings. The van der Waals surface area contributed by atoms with E-state index in [0.29, 0.717) is 18.8 Å². The van der Waals surface area contributed by atoms with Crippen molar-refractivity contribution in [3.05, 3.63) is 46.2 Å². The summed E-state index contributed by atoms with van der Waals surface area (Å²) in [5, 5.41) is 10.4.